The lowest BCUT2D eigenvalue weighted by Crippen LogP contribution is -2.19. The summed E-state index contributed by atoms with van der Waals surface area (Å²) in [7, 11) is 0. The van der Waals surface area contributed by atoms with Gasteiger partial charge in [-0.3, -0.25) is 0 Å². The third-order valence-electron chi connectivity index (χ3n) is 2.98. The summed E-state index contributed by atoms with van der Waals surface area (Å²) in [6, 6.07) is 7.15. The van der Waals surface area contributed by atoms with E-state index in [9.17, 15) is 10.2 Å². The molecule has 80 valence electrons. The fourth-order valence-corrected chi connectivity index (χ4v) is 2.03. The molecule has 0 aromatic heterocycles. The Balaban J connectivity index is 2.14. The molecule has 1 fully saturated rings. The Bertz CT molecular complexity index is 363. The highest BCUT2D eigenvalue weighted by molar-refractivity contribution is 5.57. The topological polar surface area (TPSA) is 40.5 Å². The summed E-state index contributed by atoms with van der Waals surface area (Å²) in [5.41, 5.74) is 0.111. The van der Waals surface area contributed by atoms with E-state index in [4.69, 9.17) is 0 Å². The van der Waals surface area contributed by atoms with Crippen LogP contribution in [0.4, 0.5) is 0 Å². The summed E-state index contributed by atoms with van der Waals surface area (Å²) in [5.74, 6) is 0.260. The van der Waals surface area contributed by atoms with Crippen molar-refractivity contribution in [1.29, 1.82) is 0 Å². The number of hydrogen-bond acceptors (Lipinski definition) is 2. The minimum absolute atomic E-state index is 0.260. The van der Waals surface area contributed by atoms with Crippen LogP contribution >= 0.6 is 0 Å². The number of para-hydroxylation sites is 1. The van der Waals surface area contributed by atoms with Gasteiger partial charge in [-0.1, -0.05) is 43.2 Å². The van der Waals surface area contributed by atoms with E-state index in [2.05, 4.69) is 0 Å². The minimum atomic E-state index is -0.651. The van der Waals surface area contributed by atoms with Gasteiger partial charge in [-0.15, -0.1) is 0 Å². The van der Waals surface area contributed by atoms with Crippen LogP contribution in [0.15, 0.2) is 30.3 Å². The summed E-state index contributed by atoms with van der Waals surface area (Å²) < 4.78 is 0. The quantitative estimate of drug-likeness (QED) is 0.777. The van der Waals surface area contributed by atoms with Crippen LogP contribution in [0.1, 0.15) is 31.2 Å². The average molecular weight is 204 g/mol. The first-order valence-corrected chi connectivity index (χ1v) is 5.39. The summed E-state index contributed by atoms with van der Waals surface area (Å²) in [4.78, 5) is 0. The van der Waals surface area contributed by atoms with Crippen molar-refractivity contribution in [2.75, 3.05) is 0 Å². The lowest BCUT2D eigenvalue weighted by atomic mass is 10.0. The highest BCUT2D eigenvalue weighted by Crippen LogP contribution is 2.31. The monoisotopic (exact) mass is 204 g/mol. The van der Waals surface area contributed by atoms with Gasteiger partial charge >= 0.3 is 0 Å². The molecule has 0 atom stereocenters. The minimum Gasteiger partial charge on any atom is -0.507 e. The molecule has 0 unspecified atom stereocenters. The SMILES string of the molecule is Oc1ccccc1/C=C\C1(O)CCCC1. The van der Waals surface area contributed by atoms with Gasteiger partial charge in [0.25, 0.3) is 0 Å². The first-order chi connectivity index (χ1) is 7.20. The zero-order chi connectivity index (χ0) is 10.7. The molecule has 1 saturated carbocycles. The first kappa shape index (κ1) is 10.2. The van der Waals surface area contributed by atoms with Gasteiger partial charge in [0.2, 0.25) is 0 Å². The van der Waals surface area contributed by atoms with Crippen molar-refractivity contribution in [3.8, 4) is 5.75 Å². The molecular weight excluding hydrogens is 188 g/mol. The second-order valence-electron chi connectivity index (χ2n) is 4.20. The molecular formula is C13H16O2. The Labute approximate surface area is 89.9 Å². The molecule has 2 heteroatoms. The smallest absolute Gasteiger partial charge is 0.122 e. The van der Waals surface area contributed by atoms with Crippen molar-refractivity contribution >= 4 is 6.08 Å². The Morgan fingerprint density at radius 2 is 1.80 bits per heavy atom. The molecule has 1 aliphatic rings. The van der Waals surface area contributed by atoms with Gasteiger partial charge in [0, 0.05) is 5.56 Å². The van der Waals surface area contributed by atoms with E-state index < -0.39 is 5.60 Å². The van der Waals surface area contributed by atoms with Gasteiger partial charge in [-0.25, -0.2) is 0 Å². The fraction of sp³-hybridized carbons (Fsp3) is 0.385. The molecule has 0 spiro atoms. The predicted molar refractivity (Wildman–Crippen MR) is 60.6 cm³/mol. The molecule has 2 nitrogen and oxygen atoms in total. The lowest BCUT2D eigenvalue weighted by Gasteiger charge is -2.16. The van der Waals surface area contributed by atoms with Crippen molar-refractivity contribution in [3.63, 3.8) is 0 Å². The normalized spacial score (nSPS) is 19.8. The van der Waals surface area contributed by atoms with Crippen LogP contribution in [0.3, 0.4) is 0 Å². The summed E-state index contributed by atoms with van der Waals surface area (Å²) in [6.07, 6.45) is 7.45. The summed E-state index contributed by atoms with van der Waals surface area (Å²) >= 11 is 0. The molecule has 1 aliphatic carbocycles. The van der Waals surface area contributed by atoms with E-state index in [-0.39, 0.29) is 5.75 Å². The van der Waals surface area contributed by atoms with Gasteiger partial charge in [-0.2, -0.15) is 0 Å². The third-order valence-corrected chi connectivity index (χ3v) is 2.98. The van der Waals surface area contributed by atoms with Crippen molar-refractivity contribution in [3.05, 3.63) is 35.9 Å². The van der Waals surface area contributed by atoms with Crippen molar-refractivity contribution < 1.29 is 10.2 Å². The Morgan fingerprint density at radius 3 is 2.47 bits per heavy atom. The molecule has 0 amide bonds. The lowest BCUT2D eigenvalue weighted by molar-refractivity contribution is 0.100. The second kappa shape index (κ2) is 4.07. The average Bonchev–Trinajstić information content (AvgIpc) is 2.65. The Kier molecular flexibility index (Phi) is 2.78. The van der Waals surface area contributed by atoms with Crippen LogP contribution in [0.25, 0.3) is 6.08 Å². The number of phenolic OH excluding ortho intramolecular Hbond substituents is 1. The molecule has 0 aliphatic heterocycles. The molecule has 2 rings (SSSR count). The van der Waals surface area contributed by atoms with Crippen molar-refractivity contribution in [2.24, 2.45) is 0 Å². The summed E-state index contributed by atoms with van der Waals surface area (Å²) in [5, 5.41) is 19.6. The molecule has 15 heavy (non-hydrogen) atoms. The third kappa shape index (κ3) is 2.39. The molecule has 0 bridgehead atoms. The Morgan fingerprint density at radius 1 is 1.13 bits per heavy atom. The molecule has 0 radical (unpaired) electrons. The van der Waals surface area contributed by atoms with Crippen molar-refractivity contribution in [2.45, 2.75) is 31.3 Å². The number of rotatable bonds is 2. The Hall–Kier alpha value is -1.28. The number of hydrogen-bond donors (Lipinski definition) is 2. The number of aromatic hydroxyl groups is 1. The fourth-order valence-electron chi connectivity index (χ4n) is 2.03. The van der Waals surface area contributed by atoms with Crippen LogP contribution < -0.4 is 0 Å². The summed E-state index contributed by atoms with van der Waals surface area (Å²) in [6.45, 7) is 0. The van der Waals surface area contributed by atoms with Crippen LogP contribution in [0.5, 0.6) is 5.75 Å². The zero-order valence-electron chi connectivity index (χ0n) is 8.69. The van der Waals surface area contributed by atoms with E-state index in [1.165, 1.54) is 0 Å². The maximum absolute atomic E-state index is 10.1. The van der Waals surface area contributed by atoms with Gasteiger partial charge in [0.05, 0.1) is 5.60 Å². The van der Waals surface area contributed by atoms with Gasteiger partial charge in [0.15, 0.2) is 0 Å². The molecule has 1 aromatic rings. The molecule has 1 aromatic carbocycles. The van der Waals surface area contributed by atoms with Gasteiger partial charge in [-0.05, 0) is 18.9 Å². The van der Waals surface area contributed by atoms with Crippen molar-refractivity contribution in [1.82, 2.24) is 0 Å². The maximum atomic E-state index is 10.1. The molecule has 2 N–H and O–H groups in total. The van der Waals surface area contributed by atoms with Gasteiger partial charge < -0.3 is 10.2 Å². The van der Waals surface area contributed by atoms with Crippen LogP contribution in [-0.4, -0.2) is 15.8 Å². The number of phenols is 1. The van der Waals surface area contributed by atoms with Crippen LogP contribution in [0.2, 0.25) is 0 Å². The van der Waals surface area contributed by atoms with E-state index in [0.29, 0.717) is 0 Å². The van der Waals surface area contributed by atoms with Crippen LogP contribution in [-0.2, 0) is 0 Å². The zero-order valence-corrected chi connectivity index (χ0v) is 8.69. The highest BCUT2D eigenvalue weighted by atomic mass is 16.3. The standard InChI is InChI=1S/C13H16O2/c14-12-6-2-1-5-11(12)7-10-13(15)8-3-4-9-13/h1-2,5-7,10,14-15H,3-4,8-9H2/b10-7-. The van der Waals surface area contributed by atoms with E-state index in [0.717, 1.165) is 31.2 Å². The molecule has 0 saturated heterocycles. The second-order valence-corrected chi connectivity index (χ2v) is 4.20. The van der Waals surface area contributed by atoms with E-state index in [1.54, 1.807) is 18.2 Å². The first-order valence-electron chi connectivity index (χ1n) is 5.39. The van der Waals surface area contributed by atoms with Gasteiger partial charge in [0.1, 0.15) is 5.75 Å². The number of benzene rings is 1. The van der Waals surface area contributed by atoms with E-state index in [1.807, 2.05) is 18.2 Å². The van der Waals surface area contributed by atoms with E-state index >= 15 is 0 Å². The predicted octanol–water partition coefficient (Wildman–Crippen LogP) is 2.71. The largest absolute Gasteiger partial charge is 0.507 e. The van der Waals surface area contributed by atoms with Crippen LogP contribution in [0, 0.1) is 0 Å². The number of aliphatic hydroxyl groups is 1. The highest BCUT2D eigenvalue weighted by Gasteiger charge is 2.27. The maximum Gasteiger partial charge on any atom is 0.122 e. The molecule has 0 heterocycles.